The Labute approximate surface area is 99.3 Å². The Hall–Kier alpha value is -0.540. The molecular weight excluding hydrogens is 200 g/mol. The Morgan fingerprint density at radius 1 is 1.38 bits per heavy atom. The summed E-state index contributed by atoms with van der Waals surface area (Å²) in [6.07, 6.45) is 5.24. The van der Waals surface area contributed by atoms with Crippen molar-refractivity contribution in [1.29, 1.82) is 0 Å². The zero-order valence-corrected chi connectivity index (χ0v) is 11.0. The van der Waals surface area contributed by atoms with Crippen LogP contribution in [0, 0.1) is 0 Å². The minimum Gasteiger partial charge on any atom is -0.511 e. The first-order valence-corrected chi connectivity index (χ1v) is 6.30. The Morgan fingerprint density at radius 3 is 2.56 bits per heavy atom. The highest BCUT2D eigenvalue weighted by Crippen LogP contribution is 2.15. The molecule has 0 amide bonds. The van der Waals surface area contributed by atoms with Crippen LogP contribution < -0.4 is 10.6 Å². The van der Waals surface area contributed by atoms with Crippen molar-refractivity contribution in [2.24, 2.45) is 0 Å². The average Bonchev–Trinajstić information content (AvgIpc) is 2.42. The van der Waals surface area contributed by atoms with Crippen LogP contribution in [-0.2, 0) is 0 Å². The van der Waals surface area contributed by atoms with Crippen LogP contribution in [0.3, 0.4) is 0 Å². The molecule has 1 aliphatic rings. The minimum atomic E-state index is 0.185. The van der Waals surface area contributed by atoms with Crippen LogP contribution in [0.1, 0.15) is 47.0 Å². The fourth-order valence-corrected chi connectivity index (χ4v) is 1.99. The molecule has 1 rings (SSSR count). The van der Waals surface area contributed by atoms with Crippen molar-refractivity contribution in [3.63, 3.8) is 0 Å². The summed E-state index contributed by atoms with van der Waals surface area (Å²) in [6.45, 7) is 9.67. The van der Waals surface area contributed by atoms with E-state index in [9.17, 15) is 5.11 Å². The Kier molecular flexibility index (Phi) is 4.81. The molecule has 0 radical (unpaired) electrons. The summed E-state index contributed by atoms with van der Waals surface area (Å²) in [5.74, 6) is 0.524. The monoisotopic (exact) mass is 226 g/mol. The molecule has 1 heterocycles. The lowest BCUT2D eigenvalue weighted by molar-refractivity contribution is 0.342. The van der Waals surface area contributed by atoms with Crippen molar-refractivity contribution in [1.82, 2.24) is 10.6 Å². The van der Waals surface area contributed by atoms with Gasteiger partial charge in [0.05, 0.1) is 6.04 Å². The summed E-state index contributed by atoms with van der Waals surface area (Å²) in [6, 6.07) is 0.502. The lowest BCUT2D eigenvalue weighted by atomic mass is 10.1. The maximum atomic E-state index is 9.63. The Morgan fingerprint density at radius 2 is 2.06 bits per heavy atom. The highest BCUT2D eigenvalue weighted by atomic mass is 16.3. The van der Waals surface area contributed by atoms with Gasteiger partial charge in [0.25, 0.3) is 0 Å². The molecule has 94 valence electrons. The summed E-state index contributed by atoms with van der Waals surface area (Å²) < 4.78 is 0. The minimum absolute atomic E-state index is 0.185. The number of hydrogen-bond acceptors (Lipinski definition) is 3. The third-order valence-corrected chi connectivity index (χ3v) is 2.82. The summed E-state index contributed by atoms with van der Waals surface area (Å²) >= 11 is 0. The van der Waals surface area contributed by atoms with Gasteiger partial charge in [-0.2, -0.15) is 0 Å². The zero-order chi connectivity index (χ0) is 12.2. The zero-order valence-electron chi connectivity index (χ0n) is 11.0. The van der Waals surface area contributed by atoms with Gasteiger partial charge in [-0.05, 0) is 53.2 Å². The third kappa shape index (κ3) is 4.99. The molecular formula is C13H26N2O. The lowest BCUT2D eigenvalue weighted by Gasteiger charge is -2.20. The van der Waals surface area contributed by atoms with Crippen LogP contribution in [0.5, 0.6) is 0 Å². The standard InChI is InChI=1S/C13H26N2O/c1-10-9-12(16)11(15-10)7-5-6-8-14-13(2,3)4/h9-11,14-16H,5-8H2,1-4H3/t10-,11-/m1/s1. The maximum absolute atomic E-state index is 9.63. The largest absolute Gasteiger partial charge is 0.511 e. The smallest absolute Gasteiger partial charge is 0.107 e. The fraction of sp³-hybridized carbons (Fsp3) is 0.846. The highest BCUT2D eigenvalue weighted by Gasteiger charge is 2.21. The predicted octanol–water partition coefficient (Wildman–Crippen LogP) is 2.35. The number of rotatable bonds is 5. The highest BCUT2D eigenvalue weighted by molar-refractivity contribution is 5.13. The molecule has 0 saturated carbocycles. The van der Waals surface area contributed by atoms with Crippen molar-refractivity contribution in [2.45, 2.75) is 64.6 Å². The van der Waals surface area contributed by atoms with E-state index < -0.39 is 0 Å². The molecule has 16 heavy (non-hydrogen) atoms. The SMILES string of the molecule is C[C@@H]1C=C(O)[C@@H](CCCCNC(C)(C)C)N1. The first-order chi connectivity index (χ1) is 7.38. The van der Waals surface area contributed by atoms with Gasteiger partial charge in [-0.3, -0.25) is 0 Å². The average molecular weight is 226 g/mol. The second-order valence-electron chi connectivity index (χ2n) is 5.77. The first-order valence-electron chi connectivity index (χ1n) is 6.30. The third-order valence-electron chi connectivity index (χ3n) is 2.82. The van der Waals surface area contributed by atoms with E-state index in [-0.39, 0.29) is 11.6 Å². The molecule has 0 aromatic carbocycles. The van der Waals surface area contributed by atoms with Crippen LogP contribution >= 0.6 is 0 Å². The van der Waals surface area contributed by atoms with Crippen molar-refractivity contribution in [3.8, 4) is 0 Å². The van der Waals surface area contributed by atoms with Gasteiger partial charge in [0.1, 0.15) is 5.76 Å². The molecule has 2 atom stereocenters. The van der Waals surface area contributed by atoms with Crippen LogP contribution in [-0.4, -0.2) is 29.3 Å². The fourth-order valence-electron chi connectivity index (χ4n) is 1.99. The Balaban J connectivity index is 2.06. The number of nitrogens with one attached hydrogen (secondary N) is 2. The summed E-state index contributed by atoms with van der Waals surface area (Å²) in [5, 5.41) is 16.4. The quantitative estimate of drug-likeness (QED) is 0.631. The molecule has 3 nitrogen and oxygen atoms in total. The van der Waals surface area contributed by atoms with Crippen molar-refractivity contribution < 1.29 is 5.11 Å². The van der Waals surface area contributed by atoms with Gasteiger partial charge in [-0.15, -0.1) is 0 Å². The predicted molar refractivity (Wildman–Crippen MR) is 68.7 cm³/mol. The maximum Gasteiger partial charge on any atom is 0.107 e. The molecule has 0 fully saturated rings. The van der Waals surface area contributed by atoms with E-state index in [0.29, 0.717) is 11.8 Å². The molecule has 0 saturated heterocycles. The molecule has 0 aromatic rings. The summed E-state index contributed by atoms with van der Waals surface area (Å²) in [7, 11) is 0. The van der Waals surface area contributed by atoms with E-state index in [1.807, 2.05) is 6.08 Å². The van der Waals surface area contributed by atoms with Gasteiger partial charge < -0.3 is 15.7 Å². The summed E-state index contributed by atoms with van der Waals surface area (Å²) in [5.41, 5.74) is 0.210. The first kappa shape index (κ1) is 13.5. The van der Waals surface area contributed by atoms with Crippen LogP contribution in [0.15, 0.2) is 11.8 Å². The Bertz CT molecular complexity index is 243. The molecule has 1 aliphatic heterocycles. The molecule has 0 aromatic heterocycles. The number of unbranched alkanes of at least 4 members (excludes halogenated alkanes) is 1. The molecule has 3 N–H and O–H groups in total. The van der Waals surface area contributed by atoms with Gasteiger partial charge in [0.15, 0.2) is 0 Å². The van der Waals surface area contributed by atoms with E-state index in [4.69, 9.17) is 0 Å². The molecule has 0 aliphatic carbocycles. The number of aliphatic hydroxyl groups excluding tert-OH is 1. The summed E-state index contributed by atoms with van der Waals surface area (Å²) in [4.78, 5) is 0. The topological polar surface area (TPSA) is 44.3 Å². The second-order valence-corrected chi connectivity index (χ2v) is 5.77. The van der Waals surface area contributed by atoms with E-state index in [1.165, 1.54) is 0 Å². The molecule has 0 unspecified atom stereocenters. The van der Waals surface area contributed by atoms with Crippen molar-refractivity contribution in [2.75, 3.05) is 6.54 Å². The van der Waals surface area contributed by atoms with Gasteiger partial charge in [0.2, 0.25) is 0 Å². The van der Waals surface area contributed by atoms with Gasteiger partial charge in [0, 0.05) is 11.6 Å². The van der Waals surface area contributed by atoms with E-state index in [1.54, 1.807) is 0 Å². The lowest BCUT2D eigenvalue weighted by Crippen LogP contribution is -2.36. The van der Waals surface area contributed by atoms with Gasteiger partial charge >= 0.3 is 0 Å². The normalized spacial score (nSPS) is 25.9. The molecule has 0 spiro atoms. The van der Waals surface area contributed by atoms with Crippen LogP contribution in [0.25, 0.3) is 0 Å². The van der Waals surface area contributed by atoms with Crippen LogP contribution in [0.4, 0.5) is 0 Å². The van der Waals surface area contributed by atoms with E-state index >= 15 is 0 Å². The van der Waals surface area contributed by atoms with E-state index in [2.05, 4.69) is 38.3 Å². The second kappa shape index (κ2) is 5.69. The molecule has 3 heteroatoms. The molecule has 0 bridgehead atoms. The van der Waals surface area contributed by atoms with Crippen LogP contribution in [0.2, 0.25) is 0 Å². The van der Waals surface area contributed by atoms with Crippen molar-refractivity contribution >= 4 is 0 Å². The number of aliphatic hydroxyl groups is 1. The number of hydrogen-bond donors (Lipinski definition) is 3. The van der Waals surface area contributed by atoms with E-state index in [0.717, 1.165) is 25.8 Å². The van der Waals surface area contributed by atoms with Gasteiger partial charge in [-0.25, -0.2) is 0 Å². The van der Waals surface area contributed by atoms with Gasteiger partial charge in [-0.1, -0.05) is 6.42 Å². The van der Waals surface area contributed by atoms with Crippen molar-refractivity contribution in [3.05, 3.63) is 11.8 Å².